The fourth-order valence-electron chi connectivity index (χ4n) is 2.16. The lowest BCUT2D eigenvalue weighted by Crippen LogP contribution is -2.12. The molecule has 100 valence electrons. The van der Waals surface area contributed by atoms with Crippen LogP contribution in [0.3, 0.4) is 0 Å². The summed E-state index contributed by atoms with van der Waals surface area (Å²) < 4.78 is 5.19. The molecule has 1 aromatic heterocycles. The van der Waals surface area contributed by atoms with Gasteiger partial charge in [-0.1, -0.05) is 35.0 Å². The summed E-state index contributed by atoms with van der Waals surface area (Å²) in [7, 11) is 0. The van der Waals surface area contributed by atoms with Gasteiger partial charge in [0.25, 0.3) is 0 Å². The van der Waals surface area contributed by atoms with E-state index in [0.29, 0.717) is 30.5 Å². The highest BCUT2D eigenvalue weighted by Crippen LogP contribution is 2.33. The van der Waals surface area contributed by atoms with Gasteiger partial charge < -0.3 is 9.63 Å². The van der Waals surface area contributed by atoms with Crippen LogP contribution in [0.2, 0.25) is 0 Å². The molecule has 4 heteroatoms. The lowest BCUT2D eigenvalue weighted by molar-refractivity contribution is 0.140. The molecule has 1 saturated carbocycles. The average molecular weight is 258 g/mol. The summed E-state index contributed by atoms with van der Waals surface area (Å²) in [6.45, 7) is 2.06. The Morgan fingerprint density at radius 3 is 2.74 bits per heavy atom. The van der Waals surface area contributed by atoms with E-state index in [0.717, 1.165) is 12.8 Å². The largest absolute Gasteiger partial charge is 0.392 e. The Morgan fingerprint density at radius 1 is 1.32 bits per heavy atom. The van der Waals surface area contributed by atoms with E-state index < -0.39 is 0 Å². The second-order valence-electron chi connectivity index (χ2n) is 5.38. The lowest BCUT2D eigenvalue weighted by Gasteiger charge is -2.03. The van der Waals surface area contributed by atoms with Gasteiger partial charge in [-0.3, -0.25) is 0 Å². The van der Waals surface area contributed by atoms with E-state index in [1.807, 2.05) is 0 Å². The third-order valence-electron chi connectivity index (χ3n) is 3.54. The lowest BCUT2D eigenvalue weighted by atomic mass is 10.1. The summed E-state index contributed by atoms with van der Waals surface area (Å²) >= 11 is 0. The molecule has 19 heavy (non-hydrogen) atoms. The topological polar surface area (TPSA) is 59.2 Å². The first kappa shape index (κ1) is 12.4. The van der Waals surface area contributed by atoms with Crippen molar-refractivity contribution >= 4 is 0 Å². The highest BCUT2D eigenvalue weighted by Gasteiger charge is 2.30. The Kier molecular flexibility index (Phi) is 3.34. The Morgan fingerprint density at radius 2 is 2.05 bits per heavy atom. The van der Waals surface area contributed by atoms with Crippen LogP contribution in [0.15, 0.2) is 28.8 Å². The molecular formula is C15H18N2O2. The third kappa shape index (κ3) is 3.20. The molecule has 1 aliphatic rings. The zero-order chi connectivity index (χ0) is 13.2. The normalized spacial score (nSPS) is 16.5. The second kappa shape index (κ2) is 5.13. The molecule has 2 aromatic rings. The minimum Gasteiger partial charge on any atom is -0.392 e. The first-order valence-corrected chi connectivity index (χ1v) is 6.76. The number of hydrogen-bond acceptors (Lipinski definition) is 4. The maximum atomic E-state index is 9.84. The van der Waals surface area contributed by atoms with Crippen LogP contribution in [-0.2, 0) is 12.8 Å². The molecule has 0 bridgehead atoms. The predicted octanol–water partition coefficient (Wildman–Crippen LogP) is 2.28. The molecule has 1 aliphatic carbocycles. The average Bonchev–Trinajstić information content (AvgIpc) is 3.16. The van der Waals surface area contributed by atoms with Gasteiger partial charge in [0.1, 0.15) is 0 Å². The summed E-state index contributed by atoms with van der Waals surface area (Å²) in [6.07, 6.45) is 3.05. The van der Waals surface area contributed by atoms with Crippen molar-refractivity contribution in [3.63, 3.8) is 0 Å². The molecule has 4 nitrogen and oxygen atoms in total. The Balaban J connectivity index is 1.62. The number of nitrogens with zero attached hydrogens (tertiary/aromatic N) is 2. The number of aromatic nitrogens is 2. The molecule has 0 aliphatic heterocycles. The van der Waals surface area contributed by atoms with Crippen molar-refractivity contribution in [2.24, 2.45) is 5.92 Å². The van der Waals surface area contributed by atoms with E-state index in [-0.39, 0.29) is 6.10 Å². The number of aliphatic hydroxyl groups is 1. The van der Waals surface area contributed by atoms with E-state index >= 15 is 0 Å². The highest BCUT2D eigenvalue weighted by molar-refractivity contribution is 5.23. The van der Waals surface area contributed by atoms with E-state index in [2.05, 4.69) is 41.3 Å². The molecular weight excluding hydrogens is 240 g/mol. The van der Waals surface area contributed by atoms with Gasteiger partial charge in [-0.05, 0) is 31.2 Å². The zero-order valence-corrected chi connectivity index (χ0v) is 11.0. The first-order chi connectivity index (χ1) is 9.20. The van der Waals surface area contributed by atoms with Crippen molar-refractivity contribution in [3.8, 4) is 0 Å². The van der Waals surface area contributed by atoms with Gasteiger partial charge in [0.05, 0.1) is 12.5 Å². The Labute approximate surface area is 112 Å². The predicted molar refractivity (Wildman–Crippen MR) is 70.7 cm³/mol. The molecule has 1 heterocycles. The summed E-state index contributed by atoms with van der Waals surface area (Å²) in [5.41, 5.74) is 2.41. The molecule has 1 aromatic carbocycles. The van der Waals surface area contributed by atoms with Crippen LogP contribution in [0.25, 0.3) is 0 Å². The minimum atomic E-state index is -0.326. The van der Waals surface area contributed by atoms with Gasteiger partial charge in [0.2, 0.25) is 5.89 Å². The number of aryl methyl sites for hydroxylation is 1. The fraction of sp³-hybridized carbons (Fsp3) is 0.467. The number of benzene rings is 1. The highest BCUT2D eigenvalue weighted by atomic mass is 16.5. The van der Waals surface area contributed by atoms with Crippen LogP contribution < -0.4 is 0 Å². The van der Waals surface area contributed by atoms with E-state index in [1.54, 1.807) is 0 Å². The number of hydrogen-bond donors (Lipinski definition) is 1. The van der Waals surface area contributed by atoms with E-state index in [4.69, 9.17) is 4.52 Å². The van der Waals surface area contributed by atoms with Crippen LogP contribution in [0, 0.1) is 12.8 Å². The van der Waals surface area contributed by atoms with E-state index in [1.165, 1.54) is 11.1 Å². The van der Waals surface area contributed by atoms with Gasteiger partial charge in [-0.25, -0.2) is 0 Å². The van der Waals surface area contributed by atoms with Gasteiger partial charge in [0.15, 0.2) is 5.82 Å². The van der Waals surface area contributed by atoms with Crippen LogP contribution in [0.5, 0.6) is 0 Å². The van der Waals surface area contributed by atoms with Crippen molar-refractivity contribution < 1.29 is 9.63 Å². The molecule has 1 unspecified atom stereocenters. The Hall–Kier alpha value is -1.68. The number of rotatable bonds is 5. The molecule has 0 saturated heterocycles. The molecule has 1 atom stereocenters. The van der Waals surface area contributed by atoms with Crippen molar-refractivity contribution in [2.45, 2.75) is 38.7 Å². The maximum absolute atomic E-state index is 9.84. The van der Waals surface area contributed by atoms with Gasteiger partial charge in [-0.2, -0.15) is 4.98 Å². The van der Waals surface area contributed by atoms with Gasteiger partial charge in [-0.15, -0.1) is 0 Å². The monoisotopic (exact) mass is 258 g/mol. The summed E-state index contributed by atoms with van der Waals surface area (Å²) in [4.78, 5) is 4.34. The molecule has 0 spiro atoms. The van der Waals surface area contributed by atoms with Crippen LogP contribution >= 0.6 is 0 Å². The van der Waals surface area contributed by atoms with E-state index in [9.17, 15) is 5.11 Å². The standard InChI is InChI=1S/C15H18N2O2/c1-10-2-4-11(5-3-10)8-14-16-15(19-17-14)9-13(18)12-6-7-12/h2-5,12-13,18H,6-9H2,1H3. The summed E-state index contributed by atoms with van der Waals surface area (Å²) in [5, 5.41) is 13.8. The zero-order valence-electron chi connectivity index (χ0n) is 11.0. The van der Waals surface area contributed by atoms with Crippen molar-refractivity contribution in [1.29, 1.82) is 0 Å². The second-order valence-corrected chi connectivity index (χ2v) is 5.38. The maximum Gasteiger partial charge on any atom is 0.229 e. The van der Waals surface area contributed by atoms with Crippen molar-refractivity contribution in [2.75, 3.05) is 0 Å². The smallest absolute Gasteiger partial charge is 0.229 e. The fourth-order valence-corrected chi connectivity index (χ4v) is 2.16. The molecule has 0 radical (unpaired) electrons. The third-order valence-corrected chi connectivity index (χ3v) is 3.54. The molecule has 3 rings (SSSR count). The first-order valence-electron chi connectivity index (χ1n) is 6.76. The van der Waals surface area contributed by atoms with Gasteiger partial charge in [0, 0.05) is 6.42 Å². The minimum absolute atomic E-state index is 0.326. The summed E-state index contributed by atoms with van der Waals surface area (Å²) in [6, 6.07) is 8.30. The summed E-state index contributed by atoms with van der Waals surface area (Å²) in [5.74, 6) is 1.66. The van der Waals surface area contributed by atoms with Crippen LogP contribution in [0.4, 0.5) is 0 Å². The quantitative estimate of drug-likeness (QED) is 0.893. The van der Waals surface area contributed by atoms with Crippen LogP contribution in [0.1, 0.15) is 35.7 Å². The number of aliphatic hydroxyl groups excluding tert-OH is 1. The van der Waals surface area contributed by atoms with Crippen LogP contribution in [-0.4, -0.2) is 21.4 Å². The van der Waals surface area contributed by atoms with Gasteiger partial charge >= 0.3 is 0 Å². The van der Waals surface area contributed by atoms with Crippen molar-refractivity contribution in [1.82, 2.24) is 10.1 Å². The van der Waals surface area contributed by atoms with Crippen molar-refractivity contribution in [3.05, 3.63) is 47.1 Å². The molecule has 0 amide bonds. The molecule has 1 N–H and O–H groups in total. The molecule has 1 fully saturated rings. The SMILES string of the molecule is Cc1ccc(Cc2noc(CC(O)C3CC3)n2)cc1. The Bertz CT molecular complexity index is 544.